The molecule has 0 spiro atoms. The summed E-state index contributed by atoms with van der Waals surface area (Å²) in [6, 6.07) is 26.8. The lowest BCUT2D eigenvalue weighted by Crippen LogP contribution is -2.52. The number of pyridine rings is 1. The third-order valence-electron chi connectivity index (χ3n) is 6.05. The van der Waals surface area contributed by atoms with Gasteiger partial charge in [-0.1, -0.05) is 84.1 Å². The van der Waals surface area contributed by atoms with Gasteiger partial charge in [0, 0.05) is 18.5 Å². The monoisotopic (exact) mass is 383 g/mol. The van der Waals surface area contributed by atoms with Gasteiger partial charge in [0.1, 0.15) is 15.1 Å². The third-order valence-corrected chi connectivity index (χ3v) is 9.58. The number of rotatable bonds is 3. The Morgan fingerprint density at radius 1 is 0.821 bits per heavy atom. The average molecular weight is 384 g/mol. The summed E-state index contributed by atoms with van der Waals surface area (Å²) >= 11 is 0. The quantitative estimate of drug-likeness (QED) is 0.354. The minimum Gasteiger partial charge on any atom is -0.198 e. The standard InChI is InChI=1S/C26H28NSi/c1-19-11-9-10-14-24(19)26-25-16-15-23(18-21(25)17-20(2)27(26)3)28(4,5)22-12-7-6-8-13-22/h6-18H,1-5H3/q+1/i17D. The minimum absolute atomic E-state index is 0.625. The maximum absolute atomic E-state index is 8.84. The molecule has 0 atom stereocenters. The van der Waals surface area contributed by atoms with Crippen LogP contribution in [0.4, 0.5) is 0 Å². The molecular formula is C26H28NSi+. The first-order valence-electron chi connectivity index (χ1n) is 10.4. The number of hydrogen-bond acceptors (Lipinski definition) is 0. The second-order valence-corrected chi connectivity index (χ2v) is 12.6. The smallest absolute Gasteiger partial charge is 0.198 e. The first kappa shape index (κ1) is 17.4. The van der Waals surface area contributed by atoms with Crippen LogP contribution in [-0.2, 0) is 7.05 Å². The van der Waals surface area contributed by atoms with Gasteiger partial charge in [-0.05, 0) is 30.0 Å². The first-order valence-corrected chi connectivity index (χ1v) is 12.9. The number of fused-ring (bicyclic) bond motifs is 1. The second-order valence-electron chi connectivity index (χ2n) is 8.18. The summed E-state index contributed by atoms with van der Waals surface area (Å²) < 4.78 is 11.0. The molecule has 0 aliphatic heterocycles. The lowest BCUT2D eigenvalue weighted by molar-refractivity contribution is -0.665. The van der Waals surface area contributed by atoms with Gasteiger partial charge in [0.15, 0.2) is 5.69 Å². The SMILES string of the molecule is [2H]c1c(C)[n+](C)c(-c2ccccc2C)c2ccc([Si](C)(C)c3ccccc3)cc12. The topological polar surface area (TPSA) is 3.88 Å². The molecule has 0 unspecified atom stereocenters. The number of aromatic nitrogens is 1. The Balaban J connectivity index is 2.01. The molecule has 0 amide bonds. The van der Waals surface area contributed by atoms with E-state index in [1.165, 1.54) is 27.2 Å². The highest BCUT2D eigenvalue weighted by Crippen LogP contribution is 2.28. The van der Waals surface area contributed by atoms with Crippen molar-refractivity contribution < 1.29 is 5.94 Å². The molecule has 0 aliphatic carbocycles. The van der Waals surface area contributed by atoms with Gasteiger partial charge in [-0.2, -0.15) is 4.57 Å². The zero-order valence-corrected chi connectivity index (χ0v) is 18.4. The highest BCUT2D eigenvalue weighted by Gasteiger charge is 2.27. The van der Waals surface area contributed by atoms with Crippen molar-refractivity contribution >= 4 is 29.2 Å². The molecule has 140 valence electrons. The lowest BCUT2D eigenvalue weighted by Gasteiger charge is -2.24. The van der Waals surface area contributed by atoms with Crippen LogP contribution in [0.15, 0.2) is 78.8 Å². The fraction of sp³-hybridized carbons (Fsp3) is 0.192. The van der Waals surface area contributed by atoms with E-state index in [0.29, 0.717) is 6.04 Å². The average Bonchev–Trinajstić information content (AvgIpc) is 2.74. The van der Waals surface area contributed by atoms with E-state index in [-0.39, 0.29) is 0 Å². The van der Waals surface area contributed by atoms with E-state index in [4.69, 9.17) is 1.37 Å². The molecule has 0 saturated heterocycles. The van der Waals surface area contributed by atoms with Crippen molar-refractivity contribution in [3.05, 3.63) is 90.1 Å². The fourth-order valence-electron chi connectivity index (χ4n) is 4.06. The van der Waals surface area contributed by atoms with Gasteiger partial charge in [0.2, 0.25) is 5.69 Å². The summed E-state index contributed by atoms with van der Waals surface area (Å²) in [4.78, 5) is 0. The third kappa shape index (κ3) is 3.08. The van der Waals surface area contributed by atoms with E-state index < -0.39 is 8.07 Å². The van der Waals surface area contributed by atoms with Crippen LogP contribution in [0.2, 0.25) is 13.1 Å². The molecule has 1 heterocycles. The maximum Gasteiger partial charge on any atom is 0.220 e. The van der Waals surface area contributed by atoms with Gasteiger partial charge in [-0.3, -0.25) is 0 Å². The van der Waals surface area contributed by atoms with Gasteiger partial charge in [0.05, 0.1) is 6.76 Å². The molecule has 0 radical (unpaired) electrons. The number of nitrogens with zero attached hydrogens (tertiary/aromatic N) is 1. The summed E-state index contributed by atoms with van der Waals surface area (Å²) in [6.45, 7) is 9.00. The number of hydrogen-bond donors (Lipinski definition) is 0. The molecule has 0 N–H and O–H groups in total. The van der Waals surface area contributed by atoms with Gasteiger partial charge >= 0.3 is 0 Å². The summed E-state index contributed by atoms with van der Waals surface area (Å²) in [5.41, 5.74) is 4.67. The Bertz CT molecular complexity index is 1210. The Kier molecular flexibility index (Phi) is 4.37. The number of benzene rings is 3. The molecule has 4 aromatic rings. The Labute approximate surface area is 170 Å². The molecule has 0 fully saturated rings. The van der Waals surface area contributed by atoms with Gasteiger partial charge < -0.3 is 0 Å². The molecule has 0 aliphatic rings. The highest BCUT2D eigenvalue weighted by atomic mass is 28.3. The van der Waals surface area contributed by atoms with Crippen molar-refractivity contribution in [2.75, 3.05) is 0 Å². The van der Waals surface area contributed by atoms with Crippen LogP contribution in [0.5, 0.6) is 0 Å². The maximum atomic E-state index is 8.84. The Morgan fingerprint density at radius 2 is 1.50 bits per heavy atom. The van der Waals surface area contributed by atoms with Crippen LogP contribution in [0, 0.1) is 13.8 Å². The predicted molar refractivity (Wildman–Crippen MR) is 123 cm³/mol. The van der Waals surface area contributed by atoms with E-state index >= 15 is 0 Å². The fourth-order valence-corrected chi connectivity index (χ4v) is 6.42. The van der Waals surface area contributed by atoms with Crippen molar-refractivity contribution in [1.82, 2.24) is 0 Å². The molecule has 0 saturated carbocycles. The van der Waals surface area contributed by atoms with Gasteiger partial charge in [-0.25, -0.2) is 0 Å². The zero-order chi connectivity index (χ0) is 20.8. The van der Waals surface area contributed by atoms with Crippen LogP contribution in [0.25, 0.3) is 22.0 Å². The molecule has 4 rings (SSSR count). The molecule has 1 nitrogen and oxygen atoms in total. The lowest BCUT2D eigenvalue weighted by atomic mass is 9.99. The van der Waals surface area contributed by atoms with Gasteiger partial charge in [0.25, 0.3) is 0 Å². The van der Waals surface area contributed by atoms with Crippen molar-refractivity contribution in [3.63, 3.8) is 0 Å². The van der Waals surface area contributed by atoms with Crippen LogP contribution in [-0.4, -0.2) is 8.07 Å². The summed E-state index contributed by atoms with van der Waals surface area (Å²) in [5, 5.41) is 4.99. The molecule has 2 heteroatoms. The number of aryl methyl sites for hydroxylation is 1. The summed E-state index contributed by atoms with van der Waals surface area (Å²) in [6.07, 6.45) is 0. The highest BCUT2D eigenvalue weighted by molar-refractivity contribution is 7.00. The normalized spacial score (nSPS) is 12.2. The Hall–Kier alpha value is -2.71. The van der Waals surface area contributed by atoms with Gasteiger partial charge in [-0.15, -0.1) is 0 Å². The van der Waals surface area contributed by atoms with Crippen LogP contribution in [0.1, 0.15) is 12.6 Å². The van der Waals surface area contributed by atoms with E-state index in [0.717, 1.165) is 16.5 Å². The predicted octanol–water partition coefficient (Wildman–Crippen LogP) is 4.77. The molecule has 1 aromatic heterocycles. The van der Waals surface area contributed by atoms with Crippen LogP contribution in [0.3, 0.4) is 0 Å². The molecule has 3 aromatic carbocycles. The van der Waals surface area contributed by atoms with E-state index in [1.54, 1.807) is 0 Å². The van der Waals surface area contributed by atoms with Crippen molar-refractivity contribution in [3.8, 4) is 11.3 Å². The van der Waals surface area contributed by atoms with Crippen molar-refractivity contribution in [2.45, 2.75) is 26.9 Å². The van der Waals surface area contributed by atoms with Crippen molar-refractivity contribution in [1.29, 1.82) is 0 Å². The molecule has 28 heavy (non-hydrogen) atoms. The van der Waals surface area contributed by atoms with Crippen molar-refractivity contribution in [2.24, 2.45) is 7.05 Å². The van der Waals surface area contributed by atoms with E-state index in [9.17, 15) is 0 Å². The second kappa shape index (κ2) is 7.03. The van der Waals surface area contributed by atoms with E-state index in [1.807, 2.05) is 0 Å². The zero-order valence-electron chi connectivity index (χ0n) is 18.4. The molecule has 0 bridgehead atoms. The van der Waals surface area contributed by atoms with E-state index in [2.05, 4.69) is 111 Å². The Morgan fingerprint density at radius 3 is 2.21 bits per heavy atom. The molecular weight excluding hydrogens is 354 g/mol. The largest absolute Gasteiger partial charge is 0.220 e. The van der Waals surface area contributed by atoms with Crippen LogP contribution < -0.4 is 14.9 Å². The summed E-state index contributed by atoms with van der Waals surface area (Å²) in [5.74, 6) is 0. The summed E-state index contributed by atoms with van der Waals surface area (Å²) in [7, 11) is 0.250. The van der Waals surface area contributed by atoms with Crippen LogP contribution >= 0.6 is 0 Å². The minimum atomic E-state index is -1.82. The first-order chi connectivity index (χ1) is 13.8.